The molecule has 0 atom stereocenters. The number of hydrogen-bond acceptors (Lipinski definition) is 1. The Kier molecular flexibility index (Phi) is 4.31. The lowest BCUT2D eigenvalue weighted by Crippen LogP contribution is -2.12. The third-order valence-electron chi connectivity index (χ3n) is 2.35. The predicted molar refractivity (Wildman–Crippen MR) is 76.2 cm³/mol. The third-order valence-corrected chi connectivity index (χ3v) is 3.65. The van der Waals surface area contributed by atoms with Crippen LogP contribution in [0.5, 0.6) is 0 Å². The lowest BCUT2D eigenvalue weighted by atomic mass is 10.2. The molecule has 0 unspecified atom stereocenters. The van der Waals surface area contributed by atoms with Crippen LogP contribution in [0.2, 0.25) is 0 Å². The van der Waals surface area contributed by atoms with Gasteiger partial charge in [-0.05, 0) is 68.3 Å². The first-order valence-electron chi connectivity index (χ1n) is 5.19. The SMILES string of the molecule is O=C(Nc1ccc(Br)c(F)c1)c1ccc(F)cc1Br. The van der Waals surface area contributed by atoms with Crippen molar-refractivity contribution < 1.29 is 13.6 Å². The second-order valence-electron chi connectivity index (χ2n) is 3.71. The molecule has 0 aliphatic heterocycles. The van der Waals surface area contributed by atoms with E-state index in [1.54, 1.807) is 6.07 Å². The van der Waals surface area contributed by atoms with E-state index in [9.17, 15) is 13.6 Å². The summed E-state index contributed by atoms with van der Waals surface area (Å²) in [7, 11) is 0. The number of hydrogen-bond donors (Lipinski definition) is 1. The lowest BCUT2D eigenvalue weighted by Gasteiger charge is -2.07. The Labute approximate surface area is 125 Å². The molecule has 2 aromatic carbocycles. The highest BCUT2D eigenvalue weighted by Crippen LogP contribution is 2.22. The molecule has 0 aromatic heterocycles. The molecule has 19 heavy (non-hydrogen) atoms. The third kappa shape index (κ3) is 3.39. The summed E-state index contributed by atoms with van der Waals surface area (Å²) in [6, 6.07) is 7.97. The fraction of sp³-hybridized carbons (Fsp3) is 0. The summed E-state index contributed by atoms with van der Waals surface area (Å²) in [6.45, 7) is 0. The molecule has 1 N–H and O–H groups in total. The molecule has 1 amide bonds. The number of benzene rings is 2. The molecule has 6 heteroatoms. The molecule has 0 spiro atoms. The van der Waals surface area contributed by atoms with Gasteiger partial charge in [-0.1, -0.05) is 0 Å². The van der Waals surface area contributed by atoms with Gasteiger partial charge in [-0.2, -0.15) is 0 Å². The summed E-state index contributed by atoms with van der Waals surface area (Å²) in [4.78, 5) is 11.9. The molecule has 0 bridgehead atoms. The molecule has 0 saturated heterocycles. The van der Waals surface area contributed by atoms with Gasteiger partial charge in [0.1, 0.15) is 11.6 Å². The molecule has 0 aliphatic rings. The normalized spacial score (nSPS) is 10.3. The molecule has 0 heterocycles. The van der Waals surface area contributed by atoms with Gasteiger partial charge in [0.05, 0.1) is 10.0 Å². The number of amides is 1. The minimum absolute atomic E-state index is 0.268. The van der Waals surface area contributed by atoms with Crippen molar-refractivity contribution in [2.45, 2.75) is 0 Å². The molecular formula is C13H7Br2F2NO. The second-order valence-corrected chi connectivity index (χ2v) is 5.42. The van der Waals surface area contributed by atoms with Crippen LogP contribution in [0, 0.1) is 11.6 Å². The molecule has 0 fully saturated rings. The summed E-state index contributed by atoms with van der Waals surface area (Å²) in [5.74, 6) is -1.37. The summed E-state index contributed by atoms with van der Waals surface area (Å²) < 4.78 is 26.9. The van der Waals surface area contributed by atoms with E-state index >= 15 is 0 Å². The zero-order valence-electron chi connectivity index (χ0n) is 9.38. The van der Waals surface area contributed by atoms with E-state index in [-0.39, 0.29) is 5.56 Å². The Morgan fingerprint density at radius 2 is 1.74 bits per heavy atom. The maximum Gasteiger partial charge on any atom is 0.256 e. The zero-order valence-corrected chi connectivity index (χ0v) is 12.6. The van der Waals surface area contributed by atoms with Crippen LogP contribution in [0.25, 0.3) is 0 Å². The zero-order chi connectivity index (χ0) is 14.0. The maximum atomic E-state index is 13.3. The monoisotopic (exact) mass is 389 g/mol. The minimum Gasteiger partial charge on any atom is -0.322 e. The standard InChI is InChI=1S/C13H7Br2F2NO/c14-10-4-2-8(6-12(10)17)18-13(19)9-3-1-7(16)5-11(9)15/h1-6H,(H,18,19). The molecule has 2 rings (SSSR count). The molecule has 0 aliphatic carbocycles. The number of carbonyl (C=O) groups excluding carboxylic acids is 1. The Morgan fingerprint density at radius 1 is 1.00 bits per heavy atom. The molecule has 2 aromatic rings. The van der Waals surface area contributed by atoms with Crippen molar-refractivity contribution in [2.24, 2.45) is 0 Å². The van der Waals surface area contributed by atoms with Gasteiger partial charge in [-0.15, -0.1) is 0 Å². The first kappa shape index (κ1) is 14.1. The minimum atomic E-state index is -0.476. The molecule has 0 saturated carbocycles. The fourth-order valence-corrected chi connectivity index (χ4v) is 2.22. The van der Waals surface area contributed by atoms with Crippen LogP contribution in [0.15, 0.2) is 45.3 Å². The van der Waals surface area contributed by atoms with E-state index < -0.39 is 17.5 Å². The smallest absolute Gasteiger partial charge is 0.256 e. The molecule has 2 nitrogen and oxygen atoms in total. The van der Waals surface area contributed by atoms with Gasteiger partial charge in [0.2, 0.25) is 0 Å². The number of rotatable bonds is 2. The van der Waals surface area contributed by atoms with E-state index in [2.05, 4.69) is 37.2 Å². The van der Waals surface area contributed by atoms with Crippen LogP contribution in [0.4, 0.5) is 14.5 Å². The van der Waals surface area contributed by atoms with Crippen LogP contribution in [-0.4, -0.2) is 5.91 Å². The van der Waals surface area contributed by atoms with E-state index in [0.29, 0.717) is 14.6 Å². The van der Waals surface area contributed by atoms with Crippen LogP contribution in [0.3, 0.4) is 0 Å². The molecule has 0 radical (unpaired) electrons. The van der Waals surface area contributed by atoms with E-state index in [1.165, 1.54) is 30.3 Å². The highest BCUT2D eigenvalue weighted by Gasteiger charge is 2.11. The van der Waals surface area contributed by atoms with Gasteiger partial charge >= 0.3 is 0 Å². The topological polar surface area (TPSA) is 29.1 Å². The summed E-state index contributed by atoms with van der Waals surface area (Å²) >= 11 is 6.13. The van der Waals surface area contributed by atoms with Gasteiger partial charge in [0.25, 0.3) is 5.91 Å². The highest BCUT2D eigenvalue weighted by molar-refractivity contribution is 9.10. The Balaban J connectivity index is 2.23. The van der Waals surface area contributed by atoms with Crippen molar-refractivity contribution in [3.05, 3.63) is 62.5 Å². The van der Waals surface area contributed by atoms with Crippen molar-refractivity contribution in [1.29, 1.82) is 0 Å². The van der Waals surface area contributed by atoms with E-state index in [4.69, 9.17) is 0 Å². The van der Waals surface area contributed by atoms with Crippen molar-refractivity contribution in [3.8, 4) is 0 Å². The fourth-order valence-electron chi connectivity index (χ4n) is 1.45. The van der Waals surface area contributed by atoms with Gasteiger partial charge in [-0.25, -0.2) is 8.78 Å². The van der Waals surface area contributed by atoms with Crippen LogP contribution in [-0.2, 0) is 0 Å². The highest BCUT2D eigenvalue weighted by atomic mass is 79.9. The number of carbonyl (C=O) groups is 1. The lowest BCUT2D eigenvalue weighted by molar-refractivity contribution is 0.102. The summed E-state index contributed by atoms with van der Waals surface area (Å²) in [5.41, 5.74) is 0.589. The Hall–Kier alpha value is -1.27. The van der Waals surface area contributed by atoms with E-state index in [1.807, 2.05) is 0 Å². The summed E-state index contributed by atoms with van der Waals surface area (Å²) in [6.07, 6.45) is 0. The Morgan fingerprint density at radius 3 is 2.37 bits per heavy atom. The number of anilines is 1. The first-order chi connectivity index (χ1) is 8.97. The van der Waals surface area contributed by atoms with Gasteiger partial charge in [-0.3, -0.25) is 4.79 Å². The van der Waals surface area contributed by atoms with E-state index in [0.717, 1.165) is 0 Å². The Bertz CT molecular complexity index is 647. The quantitative estimate of drug-likeness (QED) is 0.788. The second kappa shape index (κ2) is 5.79. The average molecular weight is 391 g/mol. The molecular weight excluding hydrogens is 384 g/mol. The van der Waals surface area contributed by atoms with Crippen molar-refractivity contribution >= 4 is 43.5 Å². The van der Waals surface area contributed by atoms with Crippen LogP contribution >= 0.6 is 31.9 Å². The maximum absolute atomic E-state index is 13.3. The summed E-state index contributed by atoms with van der Waals surface area (Å²) in [5, 5.41) is 2.53. The van der Waals surface area contributed by atoms with Crippen LogP contribution in [0.1, 0.15) is 10.4 Å². The number of halogens is 4. The van der Waals surface area contributed by atoms with Crippen molar-refractivity contribution in [2.75, 3.05) is 5.32 Å². The van der Waals surface area contributed by atoms with Crippen molar-refractivity contribution in [3.63, 3.8) is 0 Å². The largest absolute Gasteiger partial charge is 0.322 e. The first-order valence-corrected chi connectivity index (χ1v) is 6.77. The van der Waals surface area contributed by atoms with Crippen molar-refractivity contribution in [1.82, 2.24) is 0 Å². The molecule has 98 valence electrons. The van der Waals surface area contributed by atoms with Gasteiger partial charge < -0.3 is 5.32 Å². The van der Waals surface area contributed by atoms with Gasteiger partial charge in [0, 0.05) is 10.2 Å². The average Bonchev–Trinajstić information content (AvgIpc) is 2.33. The predicted octanol–water partition coefficient (Wildman–Crippen LogP) is 4.74. The number of nitrogens with one attached hydrogen (secondary N) is 1. The van der Waals surface area contributed by atoms with Gasteiger partial charge in [0.15, 0.2) is 0 Å². The van der Waals surface area contributed by atoms with Crippen LogP contribution < -0.4 is 5.32 Å².